The van der Waals surface area contributed by atoms with Crippen molar-refractivity contribution >= 4 is 11.8 Å². The molecule has 1 aliphatic heterocycles. The third-order valence-corrected chi connectivity index (χ3v) is 4.56. The number of phenolic OH excluding ortho intramolecular Hbond substituents is 1. The first-order valence-corrected chi connectivity index (χ1v) is 8.04. The number of benzene rings is 2. The second-order valence-corrected chi connectivity index (χ2v) is 6.20. The van der Waals surface area contributed by atoms with E-state index in [9.17, 15) is 19.1 Å². The Balaban J connectivity index is 1.73. The Labute approximate surface area is 145 Å². The molecule has 2 amide bonds. The SMILES string of the molecule is CN1C(=O)C[C@@H](CNC(=O)c2ccc(O)cc2F)[C@@H]1c1ccccc1. The second-order valence-electron chi connectivity index (χ2n) is 6.20. The highest BCUT2D eigenvalue weighted by Gasteiger charge is 2.38. The van der Waals surface area contributed by atoms with E-state index in [0.29, 0.717) is 6.42 Å². The molecule has 1 fully saturated rings. The van der Waals surface area contributed by atoms with Gasteiger partial charge in [0.1, 0.15) is 11.6 Å². The molecule has 0 spiro atoms. The summed E-state index contributed by atoms with van der Waals surface area (Å²) in [5, 5.41) is 11.9. The molecule has 2 aromatic carbocycles. The second kappa shape index (κ2) is 6.93. The molecule has 130 valence electrons. The van der Waals surface area contributed by atoms with Gasteiger partial charge in [-0.2, -0.15) is 0 Å². The number of rotatable bonds is 4. The number of nitrogens with one attached hydrogen (secondary N) is 1. The monoisotopic (exact) mass is 342 g/mol. The van der Waals surface area contributed by atoms with E-state index < -0.39 is 11.7 Å². The highest BCUT2D eigenvalue weighted by atomic mass is 19.1. The number of phenols is 1. The van der Waals surface area contributed by atoms with Crippen LogP contribution in [-0.2, 0) is 4.79 Å². The highest BCUT2D eigenvalue weighted by Crippen LogP contribution is 2.36. The van der Waals surface area contributed by atoms with Crippen LogP contribution in [0.1, 0.15) is 28.4 Å². The van der Waals surface area contributed by atoms with Gasteiger partial charge in [0.05, 0.1) is 11.6 Å². The largest absolute Gasteiger partial charge is 0.508 e. The quantitative estimate of drug-likeness (QED) is 0.897. The van der Waals surface area contributed by atoms with Gasteiger partial charge in [-0.1, -0.05) is 30.3 Å². The fraction of sp³-hybridized carbons (Fsp3) is 0.263. The summed E-state index contributed by atoms with van der Waals surface area (Å²) in [6, 6.07) is 12.9. The first-order valence-electron chi connectivity index (χ1n) is 8.04. The number of likely N-dealkylation sites (tertiary alicyclic amines) is 1. The van der Waals surface area contributed by atoms with Gasteiger partial charge in [0.2, 0.25) is 5.91 Å². The van der Waals surface area contributed by atoms with Crippen LogP contribution in [0.4, 0.5) is 4.39 Å². The van der Waals surface area contributed by atoms with Crippen LogP contribution in [0.25, 0.3) is 0 Å². The van der Waals surface area contributed by atoms with Gasteiger partial charge in [-0.15, -0.1) is 0 Å². The van der Waals surface area contributed by atoms with Gasteiger partial charge in [0, 0.05) is 32.0 Å². The summed E-state index contributed by atoms with van der Waals surface area (Å²) in [6.07, 6.45) is 0.328. The van der Waals surface area contributed by atoms with Gasteiger partial charge in [-0.25, -0.2) is 4.39 Å². The van der Waals surface area contributed by atoms with Gasteiger partial charge in [0.25, 0.3) is 5.91 Å². The zero-order valence-corrected chi connectivity index (χ0v) is 13.8. The average molecular weight is 342 g/mol. The van der Waals surface area contributed by atoms with E-state index in [1.165, 1.54) is 12.1 Å². The summed E-state index contributed by atoms with van der Waals surface area (Å²) >= 11 is 0. The van der Waals surface area contributed by atoms with Gasteiger partial charge in [-0.05, 0) is 17.7 Å². The molecule has 5 nitrogen and oxygen atoms in total. The van der Waals surface area contributed by atoms with Crippen molar-refractivity contribution in [2.24, 2.45) is 5.92 Å². The predicted molar refractivity (Wildman–Crippen MR) is 90.5 cm³/mol. The minimum Gasteiger partial charge on any atom is -0.508 e. The Hall–Kier alpha value is -2.89. The number of halogens is 1. The number of hydrogen-bond donors (Lipinski definition) is 2. The minimum atomic E-state index is -0.781. The molecule has 2 N–H and O–H groups in total. The van der Waals surface area contributed by atoms with Crippen molar-refractivity contribution in [1.29, 1.82) is 0 Å². The molecular formula is C19H19FN2O3. The van der Waals surface area contributed by atoms with Crippen LogP contribution in [0.5, 0.6) is 5.75 Å². The van der Waals surface area contributed by atoms with E-state index >= 15 is 0 Å². The molecule has 3 rings (SSSR count). The van der Waals surface area contributed by atoms with E-state index in [4.69, 9.17) is 0 Å². The lowest BCUT2D eigenvalue weighted by Crippen LogP contribution is -2.33. The Bertz CT molecular complexity index is 795. The molecule has 0 saturated carbocycles. The van der Waals surface area contributed by atoms with Gasteiger partial charge < -0.3 is 15.3 Å². The molecular weight excluding hydrogens is 323 g/mol. The Morgan fingerprint density at radius 3 is 2.68 bits per heavy atom. The van der Waals surface area contributed by atoms with Crippen LogP contribution in [0.3, 0.4) is 0 Å². The molecule has 0 aromatic heterocycles. The number of aromatic hydroxyl groups is 1. The average Bonchev–Trinajstić information content (AvgIpc) is 2.88. The van der Waals surface area contributed by atoms with Crippen molar-refractivity contribution in [3.63, 3.8) is 0 Å². The molecule has 6 heteroatoms. The number of carbonyl (C=O) groups excluding carboxylic acids is 2. The molecule has 0 unspecified atom stereocenters. The molecule has 0 aliphatic carbocycles. The maximum Gasteiger partial charge on any atom is 0.254 e. The summed E-state index contributed by atoms with van der Waals surface area (Å²) in [7, 11) is 1.75. The summed E-state index contributed by atoms with van der Waals surface area (Å²) in [5.74, 6) is -1.66. The first kappa shape index (κ1) is 17.0. The van der Waals surface area contributed by atoms with Crippen molar-refractivity contribution in [2.75, 3.05) is 13.6 Å². The molecule has 1 heterocycles. The van der Waals surface area contributed by atoms with Gasteiger partial charge >= 0.3 is 0 Å². The molecule has 0 radical (unpaired) electrons. The normalized spacial score (nSPS) is 19.9. The Morgan fingerprint density at radius 2 is 2.00 bits per heavy atom. The van der Waals surface area contributed by atoms with Crippen LogP contribution < -0.4 is 5.32 Å². The van der Waals surface area contributed by atoms with E-state index in [-0.39, 0.29) is 35.7 Å². The zero-order valence-electron chi connectivity index (χ0n) is 13.8. The first-order chi connectivity index (χ1) is 12.0. The topological polar surface area (TPSA) is 69.6 Å². The van der Waals surface area contributed by atoms with Crippen molar-refractivity contribution in [3.8, 4) is 5.75 Å². The van der Waals surface area contributed by atoms with E-state index in [0.717, 1.165) is 11.6 Å². The van der Waals surface area contributed by atoms with Crippen LogP contribution in [0.15, 0.2) is 48.5 Å². The van der Waals surface area contributed by atoms with Crippen LogP contribution in [0, 0.1) is 11.7 Å². The van der Waals surface area contributed by atoms with Crippen molar-refractivity contribution in [1.82, 2.24) is 10.2 Å². The number of nitrogens with zero attached hydrogens (tertiary/aromatic N) is 1. The minimum absolute atomic E-state index is 0.0175. The molecule has 1 saturated heterocycles. The standard InChI is InChI=1S/C19H19FN2O3/c1-22-17(24)9-13(18(22)12-5-3-2-4-6-12)11-21-19(25)15-8-7-14(23)10-16(15)20/h2-8,10,13,18,23H,9,11H2,1H3,(H,21,25)/t13-,18-/m0/s1. The number of amides is 2. The fourth-order valence-corrected chi connectivity index (χ4v) is 3.29. The van der Waals surface area contributed by atoms with Crippen LogP contribution in [0.2, 0.25) is 0 Å². The lowest BCUT2D eigenvalue weighted by Gasteiger charge is -2.25. The number of hydrogen-bond acceptors (Lipinski definition) is 3. The van der Waals surface area contributed by atoms with E-state index in [2.05, 4.69) is 5.32 Å². The molecule has 25 heavy (non-hydrogen) atoms. The Morgan fingerprint density at radius 1 is 1.28 bits per heavy atom. The van der Waals surface area contributed by atoms with E-state index in [1.807, 2.05) is 30.3 Å². The molecule has 2 atom stereocenters. The van der Waals surface area contributed by atoms with Crippen molar-refractivity contribution in [2.45, 2.75) is 12.5 Å². The molecule has 2 aromatic rings. The summed E-state index contributed by atoms with van der Waals surface area (Å²) in [5.41, 5.74) is 0.873. The smallest absolute Gasteiger partial charge is 0.254 e. The fourth-order valence-electron chi connectivity index (χ4n) is 3.29. The van der Waals surface area contributed by atoms with Crippen LogP contribution >= 0.6 is 0 Å². The van der Waals surface area contributed by atoms with E-state index in [1.54, 1.807) is 11.9 Å². The molecule has 0 bridgehead atoms. The lowest BCUT2D eigenvalue weighted by molar-refractivity contribution is -0.127. The number of carbonyl (C=O) groups is 2. The van der Waals surface area contributed by atoms with Crippen molar-refractivity contribution in [3.05, 3.63) is 65.5 Å². The lowest BCUT2D eigenvalue weighted by atomic mass is 9.93. The summed E-state index contributed by atoms with van der Waals surface area (Å²) < 4.78 is 13.8. The van der Waals surface area contributed by atoms with Crippen LogP contribution in [-0.4, -0.2) is 35.4 Å². The van der Waals surface area contributed by atoms with Gasteiger partial charge in [-0.3, -0.25) is 9.59 Å². The third kappa shape index (κ3) is 3.47. The third-order valence-electron chi connectivity index (χ3n) is 4.56. The van der Waals surface area contributed by atoms with Crippen molar-refractivity contribution < 1.29 is 19.1 Å². The zero-order chi connectivity index (χ0) is 18.0. The maximum absolute atomic E-state index is 13.8. The summed E-state index contributed by atoms with van der Waals surface area (Å²) in [4.78, 5) is 26.0. The predicted octanol–water partition coefficient (Wildman–Crippen LogP) is 2.48. The summed E-state index contributed by atoms with van der Waals surface area (Å²) in [6.45, 7) is 0.259. The maximum atomic E-state index is 13.8. The highest BCUT2D eigenvalue weighted by molar-refractivity contribution is 5.94. The Kier molecular flexibility index (Phi) is 4.70. The molecule has 1 aliphatic rings. The van der Waals surface area contributed by atoms with Gasteiger partial charge in [0.15, 0.2) is 0 Å².